The third-order valence-corrected chi connectivity index (χ3v) is 4.64. The van der Waals surface area contributed by atoms with E-state index in [1.54, 1.807) is 19.1 Å². The molecule has 9 heteroatoms. The number of halogens is 1. The van der Waals surface area contributed by atoms with Gasteiger partial charge in [-0.15, -0.1) is 10.2 Å². The number of carbonyl (C=O) groups is 2. The Hall–Kier alpha value is -3.33. The normalized spacial score (nSPS) is 10.5. The SMILES string of the molecule is CCC(=O)Nc1ccc(O)c(C(=O)Nc2nnc(Cc3ccc(F)cc3)s2)c1. The maximum absolute atomic E-state index is 13.0. The van der Waals surface area contributed by atoms with E-state index >= 15 is 0 Å². The van der Waals surface area contributed by atoms with Gasteiger partial charge in [-0.25, -0.2) is 4.39 Å². The van der Waals surface area contributed by atoms with Crippen molar-refractivity contribution in [1.29, 1.82) is 0 Å². The van der Waals surface area contributed by atoms with Crippen LogP contribution < -0.4 is 10.6 Å². The molecule has 3 N–H and O–H groups in total. The number of rotatable bonds is 6. The number of hydrogen-bond donors (Lipinski definition) is 3. The van der Waals surface area contributed by atoms with Crippen LogP contribution >= 0.6 is 11.3 Å². The van der Waals surface area contributed by atoms with Crippen LogP contribution in [0.25, 0.3) is 0 Å². The molecule has 28 heavy (non-hydrogen) atoms. The molecule has 2 aromatic carbocycles. The summed E-state index contributed by atoms with van der Waals surface area (Å²) in [5.74, 6) is -1.31. The van der Waals surface area contributed by atoms with Crippen LogP contribution in [0.15, 0.2) is 42.5 Å². The lowest BCUT2D eigenvalue weighted by molar-refractivity contribution is -0.115. The first-order chi connectivity index (χ1) is 13.4. The van der Waals surface area contributed by atoms with Gasteiger partial charge in [0.2, 0.25) is 11.0 Å². The van der Waals surface area contributed by atoms with E-state index in [9.17, 15) is 19.1 Å². The Morgan fingerprint density at radius 2 is 1.86 bits per heavy atom. The molecule has 0 aliphatic rings. The Kier molecular flexibility index (Phi) is 5.95. The van der Waals surface area contributed by atoms with E-state index in [0.29, 0.717) is 23.5 Å². The first kappa shape index (κ1) is 19.4. The second-order valence-corrected chi connectivity index (χ2v) is 6.95. The van der Waals surface area contributed by atoms with Gasteiger partial charge < -0.3 is 10.4 Å². The summed E-state index contributed by atoms with van der Waals surface area (Å²) in [5.41, 5.74) is 1.28. The number of benzene rings is 2. The van der Waals surface area contributed by atoms with Crippen LogP contribution in [0.2, 0.25) is 0 Å². The summed E-state index contributed by atoms with van der Waals surface area (Å²) in [7, 11) is 0. The zero-order chi connectivity index (χ0) is 20.1. The number of nitrogens with zero attached hydrogens (tertiary/aromatic N) is 2. The van der Waals surface area contributed by atoms with E-state index in [-0.39, 0.29) is 28.2 Å². The first-order valence-corrected chi connectivity index (χ1v) is 9.27. The lowest BCUT2D eigenvalue weighted by Gasteiger charge is -2.08. The van der Waals surface area contributed by atoms with Crippen LogP contribution in [0, 0.1) is 5.82 Å². The van der Waals surface area contributed by atoms with Gasteiger partial charge in [0.1, 0.15) is 16.6 Å². The second kappa shape index (κ2) is 8.57. The monoisotopic (exact) mass is 400 g/mol. The summed E-state index contributed by atoms with van der Waals surface area (Å²) in [5, 5.41) is 24.0. The van der Waals surface area contributed by atoms with Gasteiger partial charge in [-0.2, -0.15) is 0 Å². The summed E-state index contributed by atoms with van der Waals surface area (Å²) in [6.07, 6.45) is 0.752. The number of hydrogen-bond acceptors (Lipinski definition) is 6. The highest BCUT2D eigenvalue weighted by Gasteiger charge is 2.15. The van der Waals surface area contributed by atoms with Crippen LogP contribution in [0.1, 0.15) is 34.3 Å². The number of anilines is 2. The topological polar surface area (TPSA) is 104 Å². The van der Waals surface area contributed by atoms with Gasteiger partial charge in [0.05, 0.1) is 5.56 Å². The smallest absolute Gasteiger partial charge is 0.261 e. The van der Waals surface area contributed by atoms with E-state index in [4.69, 9.17) is 0 Å². The van der Waals surface area contributed by atoms with Gasteiger partial charge in [-0.3, -0.25) is 14.9 Å². The van der Waals surface area contributed by atoms with Crippen LogP contribution in [0.5, 0.6) is 5.75 Å². The average Bonchev–Trinajstić information content (AvgIpc) is 3.11. The number of amides is 2. The molecule has 0 unspecified atom stereocenters. The second-order valence-electron chi connectivity index (χ2n) is 5.89. The largest absolute Gasteiger partial charge is 0.507 e. The zero-order valence-electron chi connectivity index (χ0n) is 14.9. The Bertz CT molecular complexity index is 1000. The lowest BCUT2D eigenvalue weighted by atomic mass is 10.1. The molecule has 0 aliphatic carbocycles. The van der Waals surface area contributed by atoms with E-state index < -0.39 is 5.91 Å². The molecule has 0 saturated heterocycles. The molecule has 3 aromatic rings. The third-order valence-electron chi connectivity index (χ3n) is 3.80. The molecule has 0 aliphatic heterocycles. The molecule has 3 rings (SSSR count). The van der Waals surface area contributed by atoms with Crippen molar-refractivity contribution in [3.63, 3.8) is 0 Å². The Morgan fingerprint density at radius 1 is 1.11 bits per heavy atom. The maximum atomic E-state index is 13.0. The fourth-order valence-corrected chi connectivity index (χ4v) is 3.13. The molecule has 0 fully saturated rings. The minimum atomic E-state index is -0.574. The van der Waals surface area contributed by atoms with E-state index in [1.807, 2.05) is 0 Å². The molecular formula is C19H17FN4O3S. The number of aromatic nitrogens is 2. The number of aromatic hydroxyl groups is 1. The summed E-state index contributed by atoms with van der Waals surface area (Å²) in [4.78, 5) is 24.0. The zero-order valence-corrected chi connectivity index (χ0v) is 15.7. The van der Waals surface area contributed by atoms with E-state index in [2.05, 4.69) is 20.8 Å². The number of phenols is 1. The number of nitrogens with one attached hydrogen (secondary N) is 2. The third kappa shape index (κ3) is 4.89. The van der Waals surface area contributed by atoms with Gasteiger partial charge in [0.15, 0.2) is 0 Å². The Balaban J connectivity index is 1.69. The van der Waals surface area contributed by atoms with Gasteiger partial charge in [-0.1, -0.05) is 30.4 Å². The molecule has 1 aromatic heterocycles. The van der Waals surface area contributed by atoms with Gasteiger partial charge in [-0.05, 0) is 35.9 Å². The molecule has 0 spiro atoms. The van der Waals surface area contributed by atoms with Gasteiger partial charge >= 0.3 is 0 Å². The van der Waals surface area contributed by atoms with Crippen molar-refractivity contribution in [1.82, 2.24) is 10.2 Å². The average molecular weight is 400 g/mol. The van der Waals surface area contributed by atoms with Crippen molar-refractivity contribution in [2.75, 3.05) is 10.6 Å². The summed E-state index contributed by atoms with van der Waals surface area (Å²) in [6.45, 7) is 1.71. The van der Waals surface area contributed by atoms with E-state index in [0.717, 1.165) is 5.56 Å². The molecule has 144 valence electrons. The van der Waals surface area contributed by atoms with Crippen LogP contribution in [0.3, 0.4) is 0 Å². The molecule has 2 amide bonds. The quantitative estimate of drug-likeness (QED) is 0.549. The molecule has 1 heterocycles. The Labute approximate surface area is 164 Å². The molecular weight excluding hydrogens is 383 g/mol. The van der Waals surface area contributed by atoms with Crippen molar-refractivity contribution >= 4 is 34.0 Å². The fraction of sp³-hybridized carbons (Fsp3) is 0.158. The predicted octanol–water partition coefficient (Wildman–Crippen LogP) is 3.57. The fourth-order valence-electron chi connectivity index (χ4n) is 2.36. The Morgan fingerprint density at radius 3 is 2.57 bits per heavy atom. The molecule has 0 bridgehead atoms. The van der Waals surface area contributed by atoms with Crippen molar-refractivity contribution in [2.24, 2.45) is 0 Å². The summed E-state index contributed by atoms with van der Waals surface area (Å²) in [6, 6.07) is 10.3. The van der Waals surface area contributed by atoms with Crippen LogP contribution in [0.4, 0.5) is 15.2 Å². The molecule has 0 saturated carbocycles. The number of carbonyl (C=O) groups excluding carboxylic acids is 2. The lowest BCUT2D eigenvalue weighted by Crippen LogP contribution is -2.14. The van der Waals surface area contributed by atoms with E-state index in [1.165, 1.54) is 41.7 Å². The van der Waals surface area contributed by atoms with Crippen molar-refractivity contribution in [3.8, 4) is 5.75 Å². The van der Waals surface area contributed by atoms with Crippen molar-refractivity contribution in [2.45, 2.75) is 19.8 Å². The number of phenolic OH excluding ortho intramolecular Hbond substituents is 1. The first-order valence-electron chi connectivity index (χ1n) is 8.45. The minimum Gasteiger partial charge on any atom is -0.507 e. The van der Waals surface area contributed by atoms with Crippen LogP contribution in [-0.4, -0.2) is 27.1 Å². The van der Waals surface area contributed by atoms with Gasteiger partial charge in [0.25, 0.3) is 5.91 Å². The summed E-state index contributed by atoms with van der Waals surface area (Å²) < 4.78 is 13.0. The summed E-state index contributed by atoms with van der Waals surface area (Å²) >= 11 is 1.18. The van der Waals surface area contributed by atoms with Crippen LogP contribution in [-0.2, 0) is 11.2 Å². The minimum absolute atomic E-state index is 0.00388. The highest BCUT2D eigenvalue weighted by molar-refractivity contribution is 7.15. The molecule has 0 atom stereocenters. The predicted molar refractivity (Wildman–Crippen MR) is 104 cm³/mol. The highest BCUT2D eigenvalue weighted by atomic mass is 32.1. The molecule has 0 radical (unpaired) electrons. The standard InChI is InChI=1S/C19H17FN4O3S/c1-2-16(26)21-13-7-8-15(25)14(10-13)18(27)22-19-24-23-17(28-19)9-11-3-5-12(20)6-4-11/h3-8,10,25H,2,9H2,1H3,(H,21,26)(H,22,24,27). The molecule has 7 nitrogen and oxygen atoms in total. The van der Waals surface area contributed by atoms with Gasteiger partial charge in [0, 0.05) is 18.5 Å². The maximum Gasteiger partial charge on any atom is 0.261 e. The highest BCUT2D eigenvalue weighted by Crippen LogP contribution is 2.24. The van der Waals surface area contributed by atoms with Crippen molar-refractivity contribution in [3.05, 3.63) is 64.4 Å². The van der Waals surface area contributed by atoms with Crippen molar-refractivity contribution < 1.29 is 19.1 Å².